The molecule has 0 spiro atoms. The van der Waals surface area contributed by atoms with Gasteiger partial charge in [-0.25, -0.2) is 4.39 Å². The summed E-state index contributed by atoms with van der Waals surface area (Å²) in [6.45, 7) is 1.77. The Hall–Kier alpha value is -0.890. The fourth-order valence-electron chi connectivity index (χ4n) is 5.88. The minimum absolute atomic E-state index is 0.197. The highest BCUT2D eigenvalue weighted by molar-refractivity contribution is 5.25. The number of benzene rings is 1. The summed E-state index contributed by atoms with van der Waals surface area (Å²) in [5.74, 6) is 2.51. The Balaban J connectivity index is 1.53. The van der Waals surface area contributed by atoms with Gasteiger partial charge in [0.05, 0.1) is 6.10 Å². The molecule has 4 bridgehead atoms. The summed E-state index contributed by atoms with van der Waals surface area (Å²) in [4.78, 5) is 0. The van der Waals surface area contributed by atoms with Gasteiger partial charge in [0.1, 0.15) is 5.82 Å². The second-order valence-corrected chi connectivity index (χ2v) is 8.15. The predicted octanol–water partition coefficient (Wildman–Crippen LogP) is 4.77. The third-order valence-electron chi connectivity index (χ3n) is 6.37. The fourth-order valence-corrected chi connectivity index (χ4v) is 5.88. The molecular formula is C19H25FO. The summed E-state index contributed by atoms with van der Waals surface area (Å²) in [6, 6.07) is 5.21. The van der Waals surface area contributed by atoms with Crippen molar-refractivity contribution in [3.63, 3.8) is 0 Å². The third-order valence-corrected chi connectivity index (χ3v) is 6.37. The molecule has 21 heavy (non-hydrogen) atoms. The molecule has 4 aliphatic rings. The van der Waals surface area contributed by atoms with E-state index >= 15 is 0 Å². The van der Waals surface area contributed by atoms with Crippen molar-refractivity contribution in [2.75, 3.05) is 0 Å². The lowest BCUT2D eigenvalue weighted by Gasteiger charge is -2.57. The largest absolute Gasteiger partial charge is 0.388 e. The van der Waals surface area contributed by atoms with Crippen LogP contribution in [0, 0.1) is 35.9 Å². The van der Waals surface area contributed by atoms with Crippen LogP contribution in [0.4, 0.5) is 4.39 Å². The van der Waals surface area contributed by atoms with Gasteiger partial charge in [-0.2, -0.15) is 0 Å². The van der Waals surface area contributed by atoms with Crippen molar-refractivity contribution < 1.29 is 9.50 Å². The normalized spacial score (nSPS) is 38.7. The van der Waals surface area contributed by atoms with Crippen LogP contribution in [-0.4, -0.2) is 5.11 Å². The molecule has 2 heteroatoms. The summed E-state index contributed by atoms with van der Waals surface area (Å²) >= 11 is 0. The van der Waals surface area contributed by atoms with Crippen LogP contribution in [-0.2, 0) is 0 Å². The first-order chi connectivity index (χ1) is 10.0. The SMILES string of the molecule is Cc1ccc(C(O)CC23CC4CC(CC(C4)C2)C3)cc1F. The maximum absolute atomic E-state index is 13.7. The summed E-state index contributed by atoms with van der Waals surface area (Å²) in [5.41, 5.74) is 1.75. The Morgan fingerprint density at radius 3 is 2.24 bits per heavy atom. The van der Waals surface area contributed by atoms with Crippen molar-refractivity contribution in [2.45, 2.75) is 58.0 Å². The molecule has 4 saturated carbocycles. The average Bonchev–Trinajstić information content (AvgIpc) is 2.39. The molecule has 1 aromatic carbocycles. The molecule has 0 amide bonds. The Kier molecular flexibility index (Phi) is 3.15. The summed E-state index contributed by atoms with van der Waals surface area (Å²) in [6.07, 6.45) is 8.49. The lowest BCUT2D eigenvalue weighted by Crippen LogP contribution is -2.46. The minimum Gasteiger partial charge on any atom is -0.388 e. The zero-order chi connectivity index (χ0) is 14.6. The summed E-state index contributed by atoms with van der Waals surface area (Å²) in [5, 5.41) is 10.6. The highest BCUT2D eigenvalue weighted by Crippen LogP contribution is 2.62. The number of aryl methyl sites for hydroxylation is 1. The lowest BCUT2D eigenvalue weighted by atomic mass is 9.48. The monoisotopic (exact) mass is 288 g/mol. The van der Waals surface area contributed by atoms with E-state index < -0.39 is 6.10 Å². The standard InChI is InChI=1S/C19H25FO/c1-12-2-3-16(7-17(12)20)18(21)11-19-8-13-4-14(9-19)6-15(5-13)10-19/h2-3,7,13-15,18,21H,4-6,8-11H2,1H3. The third kappa shape index (κ3) is 2.42. The van der Waals surface area contributed by atoms with E-state index in [1.165, 1.54) is 44.6 Å². The molecule has 1 aromatic rings. The molecule has 1 nitrogen and oxygen atoms in total. The molecule has 1 N–H and O–H groups in total. The van der Waals surface area contributed by atoms with E-state index in [0.717, 1.165) is 29.7 Å². The molecule has 1 atom stereocenters. The van der Waals surface area contributed by atoms with Gasteiger partial charge in [0.25, 0.3) is 0 Å². The number of aliphatic hydroxyl groups is 1. The van der Waals surface area contributed by atoms with Gasteiger partial charge in [-0.1, -0.05) is 12.1 Å². The van der Waals surface area contributed by atoms with Gasteiger partial charge in [0, 0.05) is 0 Å². The molecule has 114 valence electrons. The predicted molar refractivity (Wildman–Crippen MR) is 81.3 cm³/mol. The van der Waals surface area contributed by atoms with Crippen LogP contribution in [0.5, 0.6) is 0 Å². The molecule has 0 radical (unpaired) electrons. The zero-order valence-electron chi connectivity index (χ0n) is 12.8. The van der Waals surface area contributed by atoms with E-state index in [4.69, 9.17) is 0 Å². The van der Waals surface area contributed by atoms with Gasteiger partial charge in [0.15, 0.2) is 0 Å². The van der Waals surface area contributed by atoms with Gasteiger partial charge in [-0.05, 0) is 92.2 Å². The molecule has 5 rings (SSSR count). The van der Waals surface area contributed by atoms with Crippen LogP contribution in [0.3, 0.4) is 0 Å². The molecule has 4 aliphatic carbocycles. The van der Waals surface area contributed by atoms with Gasteiger partial charge in [-0.3, -0.25) is 0 Å². The van der Waals surface area contributed by atoms with Crippen LogP contribution >= 0.6 is 0 Å². The topological polar surface area (TPSA) is 20.2 Å². The van der Waals surface area contributed by atoms with Gasteiger partial charge >= 0.3 is 0 Å². The Labute approximate surface area is 126 Å². The molecule has 0 aromatic heterocycles. The molecule has 0 aliphatic heterocycles. The van der Waals surface area contributed by atoms with Crippen molar-refractivity contribution in [3.8, 4) is 0 Å². The summed E-state index contributed by atoms with van der Waals surface area (Å²) < 4.78 is 13.7. The fraction of sp³-hybridized carbons (Fsp3) is 0.684. The Morgan fingerprint density at radius 2 is 1.71 bits per heavy atom. The summed E-state index contributed by atoms with van der Waals surface area (Å²) in [7, 11) is 0. The molecule has 0 saturated heterocycles. The van der Waals surface area contributed by atoms with Gasteiger partial charge < -0.3 is 5.11 Å². The van der Waals surface area contributed by atoms with Crippen molar-refractivity contribution in [1.82, 2.24) is 0 Å². The first-order valence-electron chi connectivity index (χ1n) is 8.47. The average molecular weight is 288 g/mol. The number of aliphatic hydroxyl groups excluding tert-OH is 1. The molecular weight excluding hydrogens is 263 g/mol. The van der Waals surface area contributed by atoms with Crippen LogP contribution in [0.2, 0.25) is 0 Å². The first kappa shape index (κ1) is 13.8. The van der Waals surface area contributed by atoms with E-state index in [1.54, 1.807) is 13.0 Å². The number of rotatable bonds is 3. The lowest BCUT2D eigenvalue weighted by molar-refractivity contribution is -0.0764. The van der Waals surface area contributed by atoms with Gasteiger partial charge in [-0.15, -0.1) is 0 Å². The van der Waals surface area contributed by atoms with Crippen LogP contribution in [0.1, 0.15) is 62.2 Å². The van der Waals surface area contributed by atoms with E-state index in [0.29, 0.717) is 11.0 Å². The second kappa shape index (κ2) is 4.81. The highest BCUT2D eigenvalue weighted by Gasteiger charge is 2.51. The maximum Gasteiger partial charge on any atom is 0.126 e. The van der Waals surface area contributed by atoms with Crippen molar-refractivity contribution in [3.05, 3.63) is 35.1 Å². The molecule has 4 fully saturated rings. The number of hydrogen-bond donors (Lipinski definition) is 1. The van der Waals surface area contributed by atoms with Crippen LogP contribution in [0.15, 0.2) is 18.2 Å². The Morgan fingerprint density at radius 1 is 1.14 bits per heavy atom. The molecule has 1 unspecified atom stereocenters. The highest BCUT2D eigenvalue weighted by atomic mass is 19.1. The van der Waals surface area contributed by atoms with Gasteiger partial charge in [0.2, 0.25) is 0 Å². The van der Waals surface area contributed by atoms with Crippen LogP contribution < -0.4 is 0 Å². The van der Waals surface area contributed by atoms with E-state index in [1.807, 2.05) is 6.07 Å². The van der Waals surface area contributed by atoms with E-state index in [9.17, 15) is 9.50 Å². The number of hydrogen-bond acceptors (Lipinski definition) is 1. The Bertz CT molecular complexity index is 515. The second-order valence-electron chi connectivity index (χ2n) is 8.15. The van der Waals surface area contributed by atoms with Crippen molar-refractivity contribution in [2.24, 2.45) is 23.2 Å². The van der Waals surface area contributed by atoms with Crippen molar-refractivity contribution in [1.29, 1.82) is 0 Å². The van der Waals surface area contributed by atoms with E-state index in [2.05, 4.69) is 0 Å². The van der Waals surface area contributed by atoms with E-state index in [-0.39, 0.29) is 5.82 Å². The minimum atomic E-state index is -0.503. The quantitative estimate of drug-likeness (QED) is 0.849. The molecule has 0 heterocycles. The smallest absolute Gasteiger partial charge is 0.126 e. The first-order valence-corrected chi connectivity index (χ1v) is 8.47. The number of halogens is 1. The zero-order valence-corrected chi connectivity index (χ0v) is 12.8. The maximum atomic E-state index is 13.7. The van der Waals surface area contributed by atoms with Crippen LogP contribution in [0.25, 0.3) is 0 Å². The van der Waals surface area contributed by atoms with Crippen molar-refractivity contribution >= 4 is 0 Å².